The largest absolute Gasteiger partial charge is 0.493 e. The van der Waals surface area contributed by atoms with Crippen molar-refractivity contribution in [1.82, 2.24) is 5.01 Å². The summed E-state index contributed by atoms with van der Waals surface area (Å²) in [6.07, 6.45) is 1.53. The number of aliphatic imine (C=N–C) groups is 1. The fourth-order valence-electron chi connectivity index (χ4n) is 4.39. The molecule has 0 saturated carbocycles. The van der Waals surface area contributed by atoms with Crippen molar-refractivity contribution in [2.45, 2.75) is 46.1 Å². The third-order valence-electron chi connectivity index (χ3n) is 6.65. The second kappa shape index (κ2) is 15.7. The van der Waals surface area contributed by atoms with E-state index in [0.29, 0.717) is 49.4 Å². The van der Waals surface area contributed by atoms with Gasteiger partial charge in [-0.3, -0.25) is 14.8 Å². The quantitative estimate of drug-likeness (QED) is 0.129. The van der Waals surface area contributed by atoms with E-state index in [2.05, 4.69) is 32.3 Å². The fraction of sp³-hybridized carbons (Fsp3) is 0.581. The van der Waals surface area contributed by atoms with Gasteiger partial charge < -0.3 is 28.4 Å². The third-order valence-corrected chi connectivity index (χ3v) is 6.65. The van der Waals surface area contributed by atoms with Gasteiger partial charge in [0, 0.05) is 57.2 Å². The smallest absolute Gasteiger partial charge is 0.209 e. The third kappa shape index (κ3) is 9.14. The van der Waals surface area contributed by atoms with Crippen molar-refractivity contribution in [3.63, 3.8) is 0 Å². The average Bonchev–Trinajstić information content (AvgIpc) is 3.20. The van der Waals surface area contributed by atoms with Crippen molar-refractivity contribution in [1.29, 1.82) is 0 Å². The van der Waals surface area contributed by atoms with Crippen LogP contribution in [0.5, 0.6) is 11.5 Å². The molecule has 2 rings (SSSR count). The SMILES string of the molecule is C=C1C(C)C(/C(C)=C\C(=NC)OC(COC)COC)=NN1CC(=O)c1cc(OCCOC)c(OC)c(C(C)(C)C)c1. The Hall–Kier alpha value is -3.21. The Kier molecular flexibility index (Phi) is 13.0. The monoisotopic (exact) mass is 573 g/mol. The lowest BCUT2D eigenvalue weighted by Crippen LogP contribution is -2.27. The van der Waals surface area contributed by atoms with Gasteiger partial charge in [-0.1, -0.05) is 34.3 Å². The highest BCUT2D eigenvalue weighted by molar-refractivity contribution is 6.08. The minimum atomic E-state index is -0.300. The van der Waals surface area contributed by atoms with Crippen molar-refractivity contribution in [2.24, 2.45) is 16.0 Å². The zero-order chi connectivity index (χ0) is 30.7. The molecule has 1 aliphatic heterocycles. The summed E-state index contributed by atoms with van der Waals surface area (Å²) in [5.74, 6) is 1.34. The van der Waals surface area contributed by atoms with Crippen molar-refractivity contribution >= 4 is 17.4 Å². The Morgan fingerprint density at radius 1 is 1.12 bits per heavy atom. The summed E-state index contributed by atoms with van der Waals surface area (Å²) in [6.45, 7) is 15.9. The summed E-state index contributed by atoms with van der Waals surface area (Å²) < 4.78 is 33.2. The molecular formula is C31H47N3O7. The van der Waals surface area contributed by atoms with Gasteiger partial charge in [-0.25, -0.2) is 0 Å². The molecule has 1 aliphatic rings. The summed E-state index contributed by atoms with van der Waals surface area (Å²) in [5, 5.41) is 6.43. The van der Waals surface area contributed by atoms with E-state index in [0.717, 1.165) is 22.5 Å². The Morgan fingerprint density at radius 2 is 1.78 bits per heavy atom. The predicted octanol–water partition coefficient (Wildman–Crippen LogP) is 4.67. The first-order valence-electron chi connectivity index (χ1n) is 13.6. The number of ketones is 1. The van der Waals surface area contributed by atoms with Crippen LogP contribution in [0.4, 0.5) is 0 Å². The summed E-state index contributed by atoms with van der Waals surface area (Å²) in [4.78, 5) is 17.9. The van der Waals surface area contributed by atoms with E-state index in [1.54, 1.807) is 46.6 Å². The van der Waals surface area contributed by atoms with Crippen molar-refractivity contribution < 1.29 is 33.2 Å². The molecular weight excluding hydrogens is 526 g/mol. The number of benzene rings is 1. The van der Waals surface area contributed by atoms with Crippen molar-refractivity contribution in [3.8, 4) is 11.5 Å². The van der Waals surface area contributed by atoms with Crippen LogP contribution < -0.4 is 9.47 Å². The number of hydrazone groups is 1. The number of carbonyl (C=O) groups excluding carboxylic acids is 1. The zero-order valence-corrected chi connectivity index (χ0v) is 26.3. The van der Waals surface area contributed by atoms with Gasteiger partial charge >= 0.3 is 0 Å². The second-order valence-electron chi connectivity index (χ2n) is 10.9. The van der Waals surface area contributed by atoms with Gasteiger partial charge in [-0.05, 0) is 30.0 Å². The van der Waals surface area contributed by atoms with Gasteiger partial charge in [-0.15, -0.1) is 0 Å². The van der Waals surface area contributed by atoms with Crippen molar-refractivity contribution in [3.05, 3.63) is 47.2 Å². The highest BCUT2D eigenvalue weighted by atomic mass is 16.6. The Morgan fingerprint density at radius 3 is 2.32 bits per heavy atom. The van der Waals surface area contributed by atoms with Gasteiger partial charge in [0.05, 0.1) is 32.6 Å². The van der Waals surface area contributed by atoms with E-state index < -0.39 is 0 Å². The molecule has 0 bridgehead atoms. The van der Waals surface area contributed by atoms with Crippen LogP contribution in [0.25, 0.3) is 0 Å². The first kappa shape index (κ1) is 34.0. The van der Waals surface area contributed by atoms with Gasteiger partial charge in [-0.2, -0.15) is 5.10 Å². The lowest BCUT2D eigenvalue weighted by molar-refractivity contribution is 0.0184. The van der Waals surface area contributed by atoms with Crippen LogP contribution in [0.3, 0.4) is 0 Å². The minimum Gasteiger partial charge on any atom is -0.493 e. The van der Waals surface area contributed by atoms with Gasteiger partial charge in [0.2, 0.25) is 5.90 Å². The average molecular weight is 574 g/mol. The highest BCUT2D eigenvalue weighted by Crippen LogP contribution is 2.40. The van der Waals surface area contributed by atoms with E-state index in [1.807, 2.05) is 26.0 Å². The van der Waals surface area contributed by atoms with Crippen LogP contribution in [-0.2, 0) is 24.4 Å². The standard InChI is InChI=1S/C31H47N3O7/c1-20(14-28(32-7)41-24(18-37-9)19-38-10)29-21(2)22(3)34(33-29)17-26(35)23-15-25(31(4,5)6)30(39-11)27(16-23)40-13-12-36-8/h14-16,21,24H,3,12-13,17-19H2,1-2,4-11H3/b20-14-,32-28?. The molecule has 1 atom stereocenters. The molecule has 0 aliphatic carbocycles. The van der Waals surface area contributed by atoms with Gasteiger partial charge in [0.25, 0.3) is 0 Å². The van der Waals surface area contributed by atoms with Crippen LogP contribution in [0.2, 0.25) is 0 Å². The molecule has 10 heteroatoms. The Bertz CT molecular complexity index is 1150. The molecule has 0 spiro atoms. The number of ether oxygens (including phenoxy) is 6. The molecule has 0 radical (unpaired) electrons. The number of methoxy groups -OCH3 is 4. The first-order valence-corrected chi connectivity index (χ1v) is 13.6. The number of carbonyl (C=O) groups is 1. The molecule has 41 heavy (non-hydrogen) atoms. The zero-order valence-electron chi connectivity index (χ0n) is 26.3. The summed E-state index contributed by atoms with van der Waals surface area (Å²) in [5.41, 5.74) is 3.48. The maximum absolute atomic E-state index is 13.6. The van der Waals surface area contributed by atoms with Crippen LogP contribution in [0.15, 0.2) is 46.2 Å². The molecule has 1 aromatic carbocycles. The highest BCUT2D eigenvalue weighted by Gasteiger charge is 2.31. The first-order chi connectivity index (χ1) is 19.4. The van der Waals surface area contributed by atoms with E-state index in [4.69, 9.17) is 33.5 Å². The molecule has 1 heterocycles. The lowest BCUT2D eigenvalue weighted by Gasteiger charge is -2.25. The van der Waals surface area contributed by atoms with Crippen LogP contribution >= 0.6 is 0 Å². The van der Waals surface area contributed by atoms with E-state index in [1.165, 1.54) is 0 Å². The number of hydrogen-bond acceptors (Lipinski definition) is 10. The van der Waals surface area contributed by atoms with Crippen LogP contribution in [-0.4, -0.2) is 97.0 Å². The van der Waals surface area contributed by atoms with E-state index in [-0.39, 0.29) is 29.8 Å². The van der Waals surface area contributed by atoms with Crippen LogP contribution in [0.1, 0.15) is 50.5 Å². The van der Waals surface area contributed by atoms with Gasteiger partial charge in [0.1, 0.15) is 19.3 Å². The number of rotatable bonds is 15. The van der Waals surface area contributed by atoms with Crippen molar-refractivity contribution in [2.75, 3.05) is 68.5 Å². The second-order valence-corrected chi connectivity index (χ2v) is 10.9. The molecule has 0 N–H and O–H groups in total. The molecule has 0 fully saturated rings. The molecule has 1 aromatic rings. The van der Waals surface area contributed by atoms with Gasteiger partial charge in [0.15, 0.2) is 17.3 Å². The molecule has 10 nitrogen and oxygen atoms in total. The maximum atomic E-state index is 13.6. The number of Topliss-reactive ketones (excluding diaryl/α,β-unsaturated/α-hetero) is 1. The predicted molar refractivity (Wildman–Crippen MR) is 162 cm³/mol. The molecule has 0 aromatic heterocycles. The molecule has 0 amide bonds. The molecule has 228 valence electrons. The van der Waals surface area contributed by atoms with E-state index in [9.17, 15) is 4.79 Å². The maximum Gasteiger partial charge on any atom is 0.209 e. The number of hydrogen-bond donors (Lipinski definition) is 0. The Labute approximate surface area is 245 Å². The fourth-order valence-corrected chi connectivity index (χ4v) is 4.39. The minimum absolute atomic E-state index is 0.0301. The Balaban J connectivity index is 2.34. The number of allylic oxidation sites excluding steroid dienone is 2. The normalized spacial score (nSPS) is 16.4. The summed E-state index contributed by atoms with van der Waals surface area (Å²) in [6, 6.07) is 3.60. The van der Waals surface area contributed by atoms with Crippen LogP contribution in [0, 0.1) is 5.92 Å². The molecule has 1 unspecified atom stereocenters. The topological polar surface area (TPSA) is 100 Å². The summed E-state index contributed by atoms with van der Waals surface area (Å²) in [7, 11) is 8.09. The lowest BCUT2D eigenvalue weighted by atomic mass is 9.84. The molecule has 0 saturated heterocycles. The number of nitrogens with zero attached hydrogens (tertiary/aromatic N) is 3. The van der Waals surface area contributed by atoms with E-state index >= 15 is 0 Å². The summed E-state index contributed by atoms with van der Waals surface area (Å²) >= 11 is 0.